The Labute approximate surface area is 166 Å². The van der Waals surface area contributed by atoms with Crippen LogP contribution in [-0.2, 0) is 27.5 Å². The second-order valence-electron chi connectivity index (χ2n) is 7.15. The third-order valence-corrected chi connectivity index (χ3v) is 8.97. The maximum absolute atomic E-state index is 12.4. The van der Waals surface area contributed by atoms with E-state index in [4.69, 9.17) is 5.73 Å². The summed E-state index contributed by atoms with van der Waals surface area (Å²) in [5, 5.41) is 3.86. The molecule has 1 amide bonds. The average molecular weight is 427 g/mol. The van der Waals surface area contributed by atoms with E-state index in [1.807, 2.05) is 0 Å². The summed E-state index contributed by atoms with van der Waals surface area (Å²) >= 11 is 2.93. The standard InChI is InChI=1S/C17H22N4O3S3/c1-9(15(22)19-10-6-7-27(23,24)8-10)25-17-20-14(18)13-11-4-2-3-5-12(11)26-16(13)21-17/h9-10H,2-8H2,1H3,(H,19,22)(H2,18,20,21). The number of nitrogens with zero attached hydrogens (tertiary/aromatic N) is 2. The predicted octanol–water partition coefficient (Wildman–Crippen LogP) is 1.94. The van der Waals surface area contributed by atoms with Gasteiger partial charge in [0.05, 0.1) is 22.1 Å². The molecular formula is C17H22N4O3S3. The van der Waals surface area contributed by atoms with Gasteiger partial charge in [-0.2, -0.15) is 0 Å². The molecule has 0 bridgehead atoms. The summed E-state index contributed by atoms with van der Waals surface area (Å²) in [6, 6.07) is -0.303. The molecule has 2 aromatic heterocycles. The highest BCUT2D eigenvalue weighted by Crippen LogP contribution is 2.38. The Balaban J connectivity index is 1.48. The van der Waals surface area contributed by atoms with Crippen molar-refractivity contribution in [3.63, 3.8) is 0 Å². The summed E-state index contributed by atoms with van der Waals surface area (Å²) in [7, 11) is -3.02. The highest BCUT2D eigenvalue weighted by atomic mass is 32.2. The number of fused-ring (bicyclic) bond motifs is 3. The summed E-state index contributed by atoms with van der Waals surface area (Å²) in [6.45, 7) is 1.77. The Morgan fingerprint density at radius 3 is 2.85 bits per heavy atom. The van der Waals surface area contributed by atoms with E-state index in [9.17, 15) is 13.2 Å². The molecule has 0 saturated carbocycles. The highest BCUT2D eigenvalue weighted by molar-refractivity contribution is 8.00. The number of aryl methyl sites for hydroxylation is 2. The molecule has 4 rings (SSSR count). The fourth-order valence-electron chi connectivity index (χ4n) is 3.66. The Morgan fingerprint density at radius 1 is 1.33 bits per heavy atom. The summed E-state index contributed by atoms with van der Waals surface area (Å²) in [4.78, 5) is 23.7. The molecular weight excluding hydrogens is 404 g/mol. The topological polar surface area (TPSA) is 115 Å². The Hall–Kier alpha value is -1.39. The van der Waals surface area contributed by atoms with E-state index in [1.165, 1.54) is 35.0 Å². The SMILES string of the molecule is CC(Sc1nc(N)c2c3c(sc2n1)CCCC3)C(=O)NC1CCS(=O)(=O)C1. The minimum Gasteiger partial charge on any atom is -0.383 e. The van der Waals surface area contributed by atoms with Crippen LogP contribution in [-0.4, -0.2) is 47.1 Å². The smallest absolute Gasteiger partial charge is 0.233 e. The van der Waals surface area contributed by atoms with E-state index in [0.29, 0.717) is 17.4 Å². The quantitative estimate of drug-likeness (QED) is 0.567. The number of nitrogens with one attached hydrogen (secondary N) is 1. The summed E-state index contributed by atoms with van der Waals surface area (Å²) < 4.78 is 23.1. The molecule has 3 N–H and O–H groups in total. The Morgan fingerprint density at radius 2 is 2.11 bits per heavy atom. The van der Waals surface area contributed by atoms with Crippen molar-refractivity contribution >= 4 is 54.9 Å². The second kappa shape index (κ2) is 7.21. The van der Waals surface area contributed by atoms with Gasteiger partial charge >= 0.3 is 0 Å². The van der Waals surface area contributed by atoms with Gasteiger partial charge in [0, 0.05) is 10.9 Å². The molecule has 10 heteroatoms. The van der Waals surface area contributed by atoms with Gasteiger partial charge in [0.1, 0.15) is 10.6 Å². The minimum atomic E-state index is -3.02. The lowest BCUT2D eigenvalue weighted by Crippen LogP contribution is -2.40. The third-order valence-electron chi connectivity index (χ3n) is 5.05. The van der Waals surface area contributed by atoms with Crippen LogP contribution in [0.4, 0.5) is 5.82 Å². The summed E-state index contributed by atoms with van der Waals surface area (Å²) in [6.07, 6.45) is 4.94. The van der Waals surface area contributed by atoms with Gasteiger partial charge in [-0.3, -0.25) is 4.79 Å². The van der Waals surface area contributed by atoms with Crippen LogP contribution in [0.5, 0.6) is 0 Å². The van der Waals surface area contributed by atoms with Gasteiger partial charge in [-0.25, -0.2) is 18.4 Å². The summed E-state index contributed by atoms with van der Waals surface area (Å²) in [5.41, 5.74) is 7.51. The van der Waals surface area contributed by atoms with Crippen LogP contribution < -0.4 is 11.1 Å². The maximum atomic E-state index is 12.4. The van der Waals surface area contributed by atoms with Gasteiger partial charge in [0.2, 0.25) is 5.91 Å². The fourth-order valence-corrected chi connectivity index (χ4v) is 7.44. The molecule has 2 aliphatic rings. The average Bonchev–Trinajstić information content (AvgIpc) is 3.14. The van der Waals surface area contributed by atoms with Crippen molar-refractivity contribution in [2.75, 3.05) is 17.2 Å². The number of anilines is 1. The van der Waals surface area contributed by atoms with Crippen LogP contribution in [0.1, 0.15) is 36.6 Å². The van der Waals surface area contributed by atoms with Gasteiger partial charge in [-0.15, -0.1) is 11.3 Å². The van der Waals surface area contributed by atoms with Gasteiger partial charge < -0.3 is 11.1 Å². The van der Waals surface area contributed by atoms with Gasteiger partial charge in [0.25, 0.3) is 0 Å². The minimum absolute atomic E-state index is 0.0201. The van der Waals surface area contributed by atoms with Crippen molar-refractivity contribution in [3.8, 4) is 0 Å². The van der Waals surface area contributed by atoms with Crippen molar-refractivity contribution in [2.24, 2.45) is 0 Å². The number of hydrogen-bond donors (Lipinski definition) is 2. The molecule has 3 heterocycles. The lowest BCUT2D eigenvalue weighted by molar-refractivity contribution is -0.120. The van der Waals surface area contributed by atoms with E-state index in [-0.39, 0.29) is 23.5 Å². The number of hydrogen-bond acceptors (Lipinski definition) is 8. The fraction of sp³-hybridized carbons (Fsp3) is 0.588. The molecule has 1 fully saturated rings. The Kier molecular flexibility index (Phi) is 5.06. The number of carbonyl (C=O) groups excluding carboxylic acids is 1. The molecule has 1 aliphatic heterocycles. The highest BCUT2D eigenvalue weighted by Gasteiger charge is 2.30. The van der Waals surface area contributed by atoms with E-state index in [2.05, 4.69) is 15.3 Å². The summed E-state index contributed by atoms with van der Waals surface area (Å²) in [5.74, 6) is 0.441. The number of thioether (sulfide) groups is 1. The zero-order valence-corrected chi connectivity index (χ0v) is 17.5. The molecule has 0 aromatic carbocycles. The zero-order chi connectivity index (χ0) is 19.2. The molecule has 0 spiro atoms. The first-order valence-corrected chi connectivity index (χ1v) is 12.6. The molecule has 27 heavy (non-hydrogen) atoms. The molecule has 7 nitrogen and oxygen atoms in total. The monoisotopic (exact) mass is 426 g/mol. The normalized spacial score (nSPS) is 22.5. The van der Waals surface area contributed by atoms with Crippen molar-refractivity contribution in [1.29, 1.82) is 0 Å². The maximum Gasteiger partial charge on any atom is 0.233 e. The second-order valence-corrected chi connectivity index (χ2v) is 11.8. The van der Waals surface area contributed by atoms with Crippen LogP contribution in [0, 0.1) is 0 Å². The van der Waals surface area contributed by atoms with Gasteiger partial charge in [-0.05, 0) is 44.6 Å². The van der Waals surface area contributed by atoms with Crippen LogP contribution in [0.25, 0.3) is 10.2 Å². The van der Waals surface area contributed by atoms with E-state index in [0.717, 1.165) is 23.1 Å². The zero-order valence-electron chi connectivity index (χ0n) is 15.0. The van der Waals surface area contributed by atoms with Gasteiger partial charge in [-0.1, -0.05) is 11.8 Å². The lowest BCUT2D eigenvalue weighted by Gasteiger charge is -2.15. The number of rotatable bonds is 4. The van der Waals surface area contributed by atoms with Crippen molar-refractivity contribution in [3.05, 3.63) is 10.4 Å². The van der Waals surface area contributed by atoms with Crippen LogP contribution in [0.3, 0.4) is 0 Å². The predicted molar refractivity (Wildman–Crippen MR) is 109 cm³/mol. The first-order chi connectivity index (χ1) is 12.8. The van der Waals surface area contributed by atoms with Crippen molar-refractivity contribution < 1.29 is 13.2 Å². The number of nitrogens with two attached hydrogens (primary N) is 1. The lowest BCUT2D eigenvalue weighted by atomic mass is 9.97. The number of amides is 1. The number of aromatic nitrogens is 2. The van der Waals surface area contributed by atoms with E-state index < -0.39 is 15.1 Å². The molecule has 2 atom stereocenters. The first kappa shape index (κ1) is 18.9. The molecule has 0 radical (unpaired) electrons. The van der Waals surface area contributed by atoms with Crippen molar-refractivity contribution in [2.45, 2.75) is 55.5 Å². The Bertz CT molecular complexity index is 1000. The molecule has 2 aromatic rings. The van der Waals surface area contributed by atoms with E-state index >= 15 is 0 Å². The number of sulfone groups is 1. The largest absolute Gasteiger partial charge is 0.383 e. The first-order valence-electron chi connectivity index (χ1n) is 9.07. The number of carbonyl (C=O) groups is 1. The van der Waals surface area contributed by atoms with E-state index in [1.54, 1.807) is 18.3 Å². The van der Waals surface area contributed by atoms with Crippen molar-refractivity contribution in [1.82, 2.24) is 15.3 Å². The molecule has 1 aliphatic carbocycles. The van der Waals surface area contributed by atoms with Gasteiger partial charge in [0.15, 0.2) is 15.0 Å². The third kappa shape index (κ3) is 3.93. The molecule has 2 unspecified atom stereocenters. The number of thiophene rings is 1. The molecule has 146 valence electrons. The van der Waals surface area contributed by atoms with Crippen LogP contribution in [0.15, 0.2) is 5.16 Å². The number of nitrogen functional groups attached to an aromatic ring is 1. The van der Waals surface area contributed by atoms with Crippen LogP contribution >= 0.6 is 23.1 Å². The van der Waals surface area contributed by atoms with Crippen LogP contribution in [0.2, 0.25) is 0 Å². The molecule has 1 saturated heterocycles.